The van der Waals surface area contributed by atoms with Gasteiger partial charge in [0.15, 0.2) is 5.78 Å². The van der Waals surface area contributed by atoms with Crippen LogP contribution in [0.1, 0.15) is 27.5 Å². The first kappa shape index (κ1) is 21.2. The molecular formula is C27H20FN3O4. The van der Waals surface area contributed by atoms with Crippen molar-refractivity contribution in [1.82, 2.24) is 5.01 Å². The van der Waals surface area contributed by atoms with Gasteiger partial charge in [-0.05, 0) is 53.6 Å². The minimum absolute atomic E-state index is 0.157. The molecule has 3 aliphatic heterocycles. The van der Waals surface area contributed by atoms with E-state index in [0.29, 0.717) is 11.3 Å². The number of ketones is 1. The summed E-state index contributed by atoms with van der Waals surface area (Å²) in [7, 11) is 1.53. The second kappa shape index (κ2) is 7.87. The minimum atomic E-state index is -0.988. The molecule has 0 aliphatic carbocycles. The van der Waals surface area contributed by atoms with Crippen LogP contribution in [0.2, 0.25) is 0 Å². The Labute approximate surface area is 200 Å². The topological polar surface area (TPSA) is 79.3 Å². The average molecular weight is 469 g/mol. The van der Waals surface area contributed by atoms with Gasteiger partial charge in [-0.3, -0.25) is 19.4 Å². The van der Waals surface area contributed by atoms with Crippen molar-refractivity contribution in [3.05, 3.63) is 95.3 Å². The van der Waals surface area contributed by atoms with Gasteiger partial charge in [-0.1, -0.05) is 30.3 Å². The Morgan fingerprint density at radius 3 is 2.43 bits per heavy atom. The Morgan fingerprint density at radius 1 is 0.943 bits per heavy atom. The van der Waals surface area contributed by atoms with Crippen molar-refractivity contribution in [1.29, 1.82) is 0 Å². The van der Waals surface area contributed by atoms with Crippen molar-refractivity contribution in [3.8, 4) is 5.75 Å². The highest BCUT2D eigenvalue weighted by Crippen LogP contribution is 2.53. The number of carbonyl (C=O) groups is 3. The predicted molar refractivity (Wildman–Crippen MR) is 126 cm³/mol. The molecule has 2 fully saturated rings. The fourth-order valence-corrected chi connectivity index (χ4v) is 5.46. The molecule has 7 nitrogen and oxygen atoms in total. The van der Waals surface area contributed by atoms with Crippen molar-refractivity contribution in [2.24, 2.45) is 16.9 Å². The lowest BCUT2D eigenvalue weighted by Crippen LogP contribution is -2.44. The Morgan fingerprint density at radius 2 is 1.69 bits per heavy atom. The second-order valence-corrected chi connectivity index (χ2v) is 8.78. The number of hydrogen-bond acceptors (Lipinski definition) is 6. The van der Waals surface area contributed by atoms with Crippen LogP contribution in [-0.2, 0) is 9.59 Å². The summed E-state index contributed by atoms with van der Waals surface area (Å²) in [4.78, 5) is 42.3. The van der Waals surface area contributed by atoms with Gasteiger partial charge in [0, 0.05) is 5.56 Å². The summed E-state index contributed by atoms with van der Waals surface area (Å²) in [5.41, 5.74) is 2.19. The molecule has 2 amide bonds. The van der Waals surface area contributed by atoms with Crippen LogP contribution in [0.3, 0.4) is 0 Å². The van der Waals surface area contributed by atoms with Crippen molar-refractivity contribution in [3.63, 3.8) is 0 Å². The number of amides is 2. The number of imide groups is 1. The number of hydrazone groups is 1. The summed E-state index contributed by atoms with van der Waals surface area (Å²) >= 11 is 0. The number of nitrogens with zero attached hydrogens (tertiary/aromatic N) is 3. The van der Waals surface area contributed by atoms with E-state index in [1.165, 1.54) is 25.3 Å². The van der Waals surface area contributed by atoms with Crippen molar-refractivity contribution in [2.75, 3.05) is 12.0 Å². The maximum absolute atomic E-state index is 14.0. The fourth-order valence-electron chi connectivity index (χ4n) is 5.46. The quantitative estimate of drug-likeness (QED) is 0.431. The lowest BCUT2D eigenvalue weighted by atomic mass is 9.83. The van der Waals surface area contributed by atoms with Gasteiger partial charge < -0.3 is 4.74 Å². The molecule has 1 unspecified atom stereocenters. The van der Waals surface area contributed by atoms with Gasteiger partial charge in [-0.25, -0.2) is 9.29 Å². The lowest BCUT2D eigenvalue weighted by molar-refractivity contribution is -0.124. The Bertz CT molecular complexity index is 1400. The van der Waals surface area contributed by atoms with E-state index in [2.05, 4.69) is 5.10 Å². The lowest BCUT2D eigenvalue weighted by Gasteiger charge is -2.33. The predicted octanol–water partition coefficient (Wildman–Crippen LogP) is 3.60. The summed E-state index contributed by atoms with van der Waals surface area (Å²) in [6.07, 6.45) is 1.65. The number of carbonyl (C=O) groups excluding carboxylic acids is 3. The highest BCUT2D eigenvalue weighted by molar-refractivity contribution is 6.24. The van der Waals surface area contributed by atoms with Crippen LogP contribution in [0.5, 0.6) is 5.75 Å². The van der Waals surface area contributed by atoms with E-state index in [1.54, 1.807) is 35.5 Å². The van der Waals surface area contributed by atoms with Crippen LogP contribution < -0.4 is 9.64 Å². The standard InChI is InChI=1S/C27H20FN3O4/c1-35-19-11-9-15(10-12-19)25(32)24-22-21(23-20-8-3-2-5-16(20)14-29-31(23)24)26(33)30(27(22)34)18-7-4-6-17(28)13-18/h2-14,21-24H,1H3/t21-,22+,23?,24-/m0/s1. The molecule has 0 bridgehead atoms. The van der Waals surface area contributed by atoms with Crippen LogP contribution in [-0.4, -0.2) is 42.0 Å². The molecule has 174 valence electrons. The zero-order chi connectivity index (χ0) is 24.3. The first-order valence-corrected chi connectivity index (χ1v) is 11.2. The average Bonchev–Trinajstić information content (AvgIpc) is 3.36. The molecule has 35 heavy (non-hydrogen) atoms. The number of anilines is 1. The molecule has 2 saturated heterocycles. The Balaban J connectivity index is 1.48. The summed E-state index contributed by atoms with van der Waals surface area (Å²) in [5.74, 6) is -3.07. The number of Topliss-reactive ketones (excluding diaryl/α,β-unsaturated/α-hetero) is 1. The molecule has 0 N–H and O–H groups in total. The highest BCUT2D eigenvalue weighted by Gasteiger charge is 2.65. The molecule has 8 heteroatoms. The van der Waals surface area contributed by atoms with Crippen molar-refractivity contribution < 1.29 is 23.5 Å². The van der Waals surface area contributed by atoms with E-state index in [1.807, 2.05) is 24.3 Å². The summed E-state index contributed by atoms with van der Waals surface area (Å²) in [6.45, 7) is 0. The van der Waals surface area contributed by atoms with Gasteiger partial charge >= 0.3 is 0 Å². The largest absolute Gasteiger partial charge is 0.497 e. The third-order valence-electron chi connectivity index (χ3n) is 7.00. The van der Waals surface area contributed by atoms with Crippen LogP contribution in [0.25, 0.3) is 0 Å². The zero-order valence-corrected chi connectivity index (χ0v) is 18.7. The number of halogens is 1. The van der Waals surface area contributed by atoms with Gasteiger partial charge in [0.05, 0.1) is 36.9 Å². The first-order valence-electron chi connectivity index (χ1n) is 11.2. The van der Waals surface area contributed by atoms with Crippen LogP contribution in [0.15, 0.2) is 77.9 Å². The first-order chi connectivity index (χ1) is 17.0. The molecule has 0 aromatic heterocycles. The van der Waals surface area contributed by atoms with Gasteiger partial charge in [-0.15, -0.1) is 0 Å². The summed E-state index contributed by atoms with van der Waals surface area (Å²) in [6, 6.07) is 17.9. The van der Waals surface area contributed by atoms with E-state index >= 15 is 0 Å². The molecule has 0 radical (unpaired) electrons. The van der Waals surface area contributed by atoms with Crippen LogP contribution >= 0.6 is 0 Å². The van der Waals surface area contributed by atoms with Gasteiger partial charge in [0.1, 0.15) is 17.6 Å². The maximum Gasteiger partial charge on any atom is 0.240 e. The van der Waals surface area contributed by atoms with E-state index < -0.39 is 41.6 Å². The van der Waals surface area contributed by atoms with E-state index in [9.17, 15) is 18.8 Å². The molecule has 0 saturated carbocycles. The Hall–Kier alpha value is -4.33. The summed E-state index contributed by atoms with van der Waals surface area (Å²) < 4.78 is 19.2. The molecule has 3 heterocycles. The third-order valence-corrected chi connectivity index (χ3v) is 7.00. The maximum atomic E-state index is 14.0. The number of fused-ring (bicyclic) bond motifs is 5. The van der Waals surface area contributed by atoms with Crippen molar-refractivity contribution in [2.45, 2.75) is 12.1 Å². The monoisotopic (exact) mass is 469 g/mol. The molecule has 3 aromatic rings. The number of hydrogen-bond donors (Lipinski definition) is 0. The molecule has 0 spiro atoms. The highest BCUT2D eigenvalue weighted by atomic mass is 19.1. The van der Waals surface area contributed by atoms with Crippen molar-refractivity contribution >= 4 is 29.5 Å². The van der Waals surface area contributed by atoms with Gasteiger partial charge in [0.2, 0.25) is 11.8 Å². The van der Waals surface area contributed by atoms with E-state index in [0.717, 1.165) is 22.1 Å². The molecule has 3 aliphatic rings. The number of rotatable bonds is 4. The number of benzene rings is 3. The van der Waals surface area contributed by atoms with Crippen LogP contribution in [0.4, 0.5) is 10.1 Å². The van der Waals surface area contributed by atoms with Gasteiger partial charge in [-0.2, -0.15) is 5.10 Å². The van der Waals surface area contributed by atoms with E-state index in [-0.39, 0.29) is 11.5 Å². The molecule has 3 aromatic carbocycles. The fraction of sp³-hybridized carbons (Fsp3) is 0.185. The zero-order valence-electron chi connectivity index (χ0n) is 18.7. The normalized spacial score (nSPS) is 24.3. The van der Waals surface area contributed by atoms with Crippen LogP contribution in [0, 0.1) is 17.7 Å². The molecule has 6 rings (SSSR count). The summed E-state index contributed by atoms with van der Waals surface area (Å²) in [5, 5.41) is 6.14. The minimum Gasteiger partial charge on any atom is -0.497 e. The SMILES string of the molecule is COc1ccc(C(=O)[C@@H]2[C@@H]3C(=O)N(c4cccc(F)c4)C(=O)[C@@H]3C3c4ccccc4C=NN32)cc1. The van der Waals surface area contributed by atoms with Gasteiger partial charge in [0.25, 0.3) is 0 Å². The molecule has 4 atom stereocenters. The van der Waals surface area contributed by atoms with E-state index in [4.69, 9.17) is 4.74 Å². The number of methoxy groups -OCH3 is 1. The third kappa shape index (κ3) is 3.10. The molecular weight excluding hydrogens is 449 g/mol. The number of ether oxygens (including phenoxy) is 1. The Kier molecular flexibility index (Phi) is 4.77. The second-order valence-electron chi connectivity index (χ2n) is 8.78. The smallest absolute Gasteiger partial charge is 0.240 e.